The maximum atomic E-state index is 13.3. The van der Waals surface area contributed by atoms with Crippen molar-refractivity contribution in [2.24, 2.45) is 0 Å². The summed E-state index contributed by atoms with van der Waals surface area (Å²) in [6.07, 6.45) is 3.56. The molecular weight excluding hydrogens is 490 g/mol. The van der Waals surface area contributed by atoms with Crippen LogP contribution in [0.5, 0.6) is 0 Å². The number of carbonyl (C=O) groups is 3. The number of likely N-dealkylation sites (tertiary alicyclic amines) is 3. The Morgan fingerprint density at radius 1 is 1.05 bits per heavy atom. The van der Waals surface area contributed by atoms with Crippen LogP contribution in [0.25, 0.3) is 0 Å². The van der Waals surface area contributed by atoms with Crippen LogP contribution in [0.3, 0.4) is 0 Å². The van der Waals surface area contributed by atoms with Gasteiger partial charge < -0.3 is 15.1 Å². The van der Waals surface area contributed by atoms with Crippen molar-refractivity contribution >= 4 is 35.1 Å². The lowest BCUT2D eigenvalue weighted by Crippen LogP contribution is -2.51. The molecule has 3 fully saturated rings. The maximum Gasteiger partial charge on any atom is 0.254 e. The van der Waals surface area contributed by atoms with E-state index in [1.807, 2.05) is 19.9 Å². The molecule has 8 nitrogen and oxygen atoms in total. The Kier molecular flexibility index (Phi) is 7.49. The molecule has 196 valence electrons. The van der Waals surface area contributed by atoms with Gasteiger partial charge in [-0.3, -0.25) is 19.3 Å². The van der Waals surface area contributed by atoms with Crippen LogP contribution in [0.1, 0.15) is 59.3 Å². The monoisotopic (exact) mass is 523 g/mol. The number of nitrogens with one attached hydrogen (secondary N) is 1. The maximum absolute atomic E-state index is 13.3. The molecule has 3 amide bonds. The number of piperidine rings is 1. The fraction of sp³-hybridized carbons (Fsp3) is 0.500. The minimum atomic E-state index is -0.514. The van der Waals surface area contributed by atoms with Gasteiger partial charge in [0.15, 0.2) is 0 Å². The minimum Gasteiger partial charge on any atom is -0.339 e. The lowest BCUT2D eigenvalue weighted by molar-refractivity contribution is -0.136. The quantitative estimate of drug-likeness (QED) is 0.622. The predicted molar refractivity (Wildman–Crippen MR) is 142 cm³/mol. The molecule has 3 aliphatic rings. The van der Waals surface area contributed by atoms with E-state index in [1.54, 1.807) is 21.9 Å². The molecule has 3 saturated heterocycles. The Bertz CT molecular complexity index is 1210. The first-order chi connectivity index (χ1) is 17.8. The highest BCUT2D eigenvalue weighted by molar-refractivity contribution is 6.31. The molecule has 1 aromatic heterocycles. The molecule has 0 spiro atoms. The van der Waals surface area contributed by atoms with Crippen LogP contribution in [0.2, 0.25) is 5.02 Å². The Balaban J connectivity index is 1.21. The normalized spacial score (nSPS) is 20.7. The second kappa shape index (κ2) is 10.8. The number of rotatable bonds is 6. The molecule has 0 saturated carbocycles. The Labute approximate surface area is 223 Å². The zero-order chi connectivity index (χ0) is 26.1. The van der Waals surface area contributed by atoms with Gasteiger partial charge >= 0.3 is 0 Å². The van der Waals surface area contributed by atoms with Crippen LogP contribution in [0.4, 0.5) is 5.82 Å². The fourth-order valence-corrected chi connectivity index (χ4v) is 5.72. The van der Waals surface area contributed by atoms with Crippen molar-refractivity contribution in [3.05, 3.63) is 57.7 Å². The van der Waals surface area contributed by atoms with Crippen LogP contribution < -0.4 is 5.32 Å². The summed E-state index contributed by atoms with van der Waals surface area (Å²) in [5, 5.41) is 3.68. The first kappa shape index (κ1) is 25.7. The van der Waals surface area contributed by atoms with Gasteiger partial charge in [-0.05, 0) is 68.9 Å². The third-order valence-corrected chi connectivity index (χ3v) is 8.16. The average Bonchev–Trinajstić information content (AvgIpc) is 3.22. The van der Waals surface area contributed by atoms with Gasteiger partial charge in [0.05, 0.1) is 0 Å². The summed E-state index contributed by atoms with van der Waals surface area (Å²) in [5.41, 5.74) is 3.51. The number of hydrogen-bond acceptors (Lipinski definition) is 5. The van der Waals surface area contributed by atoms with Crippen molar-refractivity contribution in [3.63, 3.8) is 0 Å². The van der Waals surface area contributed by atoms with Crippen molar-refractivity contribution in [2.75, 3.05) is 31.5 Å². The van der Waals surface area contributed by atoms with Crippen LogP contribution in [-0.2, 0) is 16.1 Å². The van der Waals surface area contributed by atoms with Crippen molar-refractivity contribution in [1.82, 2.24) is 19.7 Å². The number of halogens is 1. The predicted octanol–water partition coefficient (Wildman–Crippen LogP) is 3.79. The third-order valence-electron chi connectivity index (χ3n) is 7.73. The zero-order valence-corrected chi connectivity index (χ0v) is 22.3. The van der Waals surface area contributed by atoms with Crippen molar-refractivity contribution in [2.45, 2.75) is 64.6 Å². The van der Waals surface area contributed by atoms with Gasteiger partial charge in [-0.25, -0.2) is 4.98 Å². The number of hydrogen-bond donors (Lipinski definition) is 1. The summed E-state index contributed by atoms with van der Waals surface area (Å²) in [6, 6.07) is 9.06. The number of anilines is 1. The van der Waals surface area contributed by atoms with Gasteiger partial charge in [0.25, 0.3) is 5.91 Å². The van der Waals surface area contributed by atoms with Crippen LogP contribution >= 0.6 is 11.6 Å². The van der Waals surface area contributed by atoms with E-state index in [0.717, 1.165) is 62.6 Å². The topological polar surface area (TPSA) is 85.8 Å². The van der Waals surface area contributed by atoms with E-state index in [9.17, 15) is 14.4 Å². The van der Waals surface area contributed by atoms with Crippen molar-refractivity contribution in [1.29, 1.82) is 0 Å². The molecular formula is C28H34ClN5O3. The molecule has 0 bridgehead atoms. The number of benzene rings is 1. The number of carbonyl (C=O) groups excluding carboxylic acids is 3. The number of pyridine rings is 1. The van der Waals surface area contributed by atoms with E-state index in [-0.39, 0.29) is 23.8 Å². The molecule has 5 rings (SSSR count). The molecule has 0 radical (unpaired) electrons. The summed E-state index contributed by atoms with van der Waals surface area (Å²) in [4.78, 5) is 49.2. The fourth-order valence-electron chi connectivity index (χ4n) is 5.60. The summed E-state index contributed by atoms with van der Waals surface area (Å²) in [6.45, 7) is 7.93. The second-order valence-electron chi connectivity index (χ2n) is 10.5. The van der Waals surface area contributed by atoms with E-state index in [0.29, 0.717) is 29.9 Å². The first-order valence-corrected chi connectivity index (χ1v) is 13.5. The molecule has 9 heteroatoms. The minimum absolute atomic E-state index is 0.0366. The van der Waals surface area contributed by atoms with Gasteiger partial charge in [0.2, 0.25) is 11.8 Å². The number of nitrogens with zero attached hydrogens (tertiary/aromatic N) is 4. The third kappa shape index (κ3) is 5.65. The van der Waals surface area contributed by atoms with Crippen LogP contribution in [-0.4, -0.2) is 75.7 Å². The highest BCUT2D eigenvalue weighted by Crippen LogP contribution is 2.29. The van der Waals surface area contributed by atoms with Crippen LogP contribution in [0.15, 0.2) is 30.3 Å². The molecule has 1 N–H and O–H groups in total. The van der Waals surface area contributed by atoms with Crippen molar-refractivity contribution < 1.29 is 14.4 Å². The van der Waals surface area contributed by atoms with Crippen LogP contribution in [0, 0.1) is 13.8 Å². The molecule has 1 atom stereocenters. The van der Waals surface area contributed by atoms with E-state index in [1.165, 1.54) is 5.56 Å². The SMILES string of the molecule is Cc1cc(C(=O)N2CCC2)cc(NC(=O)[C@H]2CCC(=O)N2C2CCN(Cc3ccc(Cl)c(C)c3)CC2)n1. The van der Waals surface area contributed by atoms with E-state index in [2.05, 4.69) is 27.3 Å². The standard InChI is InChI=1S/C28H34ClN5O3/c1-18-14-20(4-5-23(18)29)17-32-12-8-22(9-13-32)34-24(6-7-26(34)35)27(36)31-25-16-21(15-19(2)30-25)28(37)33-10-3-11-33/h4-5,14-16,22,24H,3,6-13,17H2,1-2H3,(H,30,31,36)/t24-/m1/s1. The Morgan fingerprint density at radius 3 is 2.49 bits per heavy atom. The number of aryl methyl sites for hydroxylation is 2. The number of aromatic nitrogens is 1. The largest absolute Gasteiger partial charge is 0.339 e. The van der Waals surface area contributed by atoms with Gasteiger partial charge in [0, 0.05) is 61.5 Å². The summed E-state index contributed by atoms with van der Waals surface area (Å²) in [7, 11) is 0. The highest BCUT2D eigenvalue weighted by Gasteiger charge is 2.41. The van der Waals surface area contributed by atoms with E-state index >= 15 is 0 Å². The zero-order valence-electron chi connectivity index (χ0n) is 21.5. The molecule has 0 unspecified atom stereocenters. The Hall–Kier alpha value is -2.97. The van der Waals surface area contributed by atoms with Crippen molar-refractivity contribution in [3.8, 4) is 0 Å². The molecule has 4 heterocycles. The van der Waals surface area contributed by atoms with Gasteiger partial charge in [-0.2, -0.15) is 0 Å². The second-order valence-corrected chi connectivity index (χ2v) is 10.9. The summed E-state index contributed by atoms with van der Waals surface area (Å²) < 4.78 is 0. The first-order valence-electron chi connectivity index (χ1n) is 13.2. The highest BCUT2D eigenvalue weighted by atomic mass is 35.5. The summed E-state index contributed by atoms with van der Waals surface area (Å²) >= 11 is 6.16. The van der Waals surface area contributed by atoms with Gasteiger partial charge in [0.1, 0.15) is 11.9 Å². The smallest absolute Gasteiger partial charge is 0.254 e. The molecule has 2 aromatic rings. The van der Waals surface area contributed by atoms with Gasteiger partial charge in [-0.15, -0.1) is 0 Å². The van der Waals surface area contributed by atoms with E-state index < -0.39 is 6.04 Å². The molecule has 37 heavy (non-hydrogen) atoms. The lowest BCUT2D eigenvalue weighted by atomic mass is 10.0. The average molecular weight is 524 g/mol. The molecule has 3 aliphatic heterocycles. The van der Waals surface area contributed by atoms with E-state index in [4.69, 9.17) is 11.6 Å². The Morgan fingerprint density at radius 2 is 1.81 bits per heavy atom. The van der Waals surface area contributed by atoms with Gasteiger partial charge in [-0.1, -0.05) is 23.7 Å². The molecule has 1 aromatic carbocycles. The lowest BCUT2D eigenvalue weighted by Gasteiger charge is -2.39. The summed E-state index contributed by atoms with van der Waals surface area (Å²) in [5.74, 6) is 0.134. The number of amides is 3. The molecule has 0 aliphatic carbocycles.